The first kappa shape index (κ1) is 12.1. The number of hydrogen-bond donors (Lipinski definition) is 1. The van der Waals surface area contributed by atoms with E-state index in [9.17, 15) is 0 Å². The van der Waals surface area contributed by atoms with E-state index < -0.39 is 0 Å². The maximum Gasteiger partial charge on any atom is 0.122 e. The lowest BCUT2D eigenvalue weighted by Crippen LogP contribution is -2.19. The summed E-state index contributed by atoms with van der Waals surface area (Å²) in [6, 6.07) is 0.265. The molecule has 0 bridgehead atoms. The third-order valence-corrected chi connectivity index (χ3v) is 2.83. The molecule has 1 rings (SSSR count). The highest BCUT2D eigenvalue weighted by molar-refractivity contribution is 5.38. The van der Waals surface area contributed by atoms with E-state index in [0.29, 0.717) is 0 Å². The van der Waals surface area contributed by atoms with Crippen molar-refractivity contribution in [3.05, 3.63) is 35.1 Å². The number of nitrogens with two attached hydrogens (primary N) is 1. The first-order chi connectivity index (χ1) is 7.19. The van der Waals surface area contributed by atoms with E-state index in [4.69, 9.17) is 10.5 Å². The molecule has 0 aromatic carbocycles. The van der Waals surface area contributed by atoms with E-state index in [1.165, 1.54) is 11.1 Å². The topological polar surface area (TPSA) is 35.2 Å². The van der Waals surface area contributed by atoms with E-state index in [2.05, 4.69) is 19.9 Å². The Labute approximate surface area is 92.5 Å². The molecule has 0 radical (unpaired) electrons. The van der Waals surface area contributed by atoms with E-state index in [1.54, 1.807) is 7.11 Å². The fraction of sp³-hybridized carbons (Fsp3) is 0.538. The number of allylic oxidation sites excluding steroid dienone is 4. The van der Waals surface area contributed by atoms with Gasteiger partial charge in [-0.1, -0.05) is 24.6 Å². The zero-order valence-corrected chi connectivity index (χ0v) is 9.92. The molecule has 2 heteroatoms. The molecule has 2 nitrogen and oxygen atoms in total. The zero-order chi connectivity index (χ0) is 11.3. The number of ether oxygens (including phenoxy) is 1. The van der Waals surface area contributed by atoms with Gasteiger partial charge in [-0.2, -0.15) is 0 Å². The molecule has 0 spiro atoms. The Balaban J connectivity index is 2.79. The van der Waals surface area contributed by atoms with Crippen LogP contribution in [0.5, 0.6) is 0 Å². The molecule has 0 saturated heterocycles. The van der Waals surface area contributed by atoms with Crippen LogP contribution in [0.15, 0.2) is 35.1 Å². The Morgan fingerprint density at radius 3 is 2.93 bits per heavy atom. The summed E-state index contributed by atoms with van der Waals surface area (Å²) in [6.07, 6.45) is 9.14. The van der Waals surface area contributed by atoms with Gasteiger partial charge in [0.1, 0.15) is 5.76 Å². The molecule has 0 aromatic heterocycles. The minimum Gasteiger partial charge on any atom is -0.496 e. The lowest BCUT2D eigenvalue weighted by Gasteiger charge is -2.17. The lowest BCUT2D eigenvalue weighted by atomic mass is 9.95. The predicted octanol–water partition coefficient (Wildman–Crippen LogP) is 2.92. The number of rotatable bonds is 4. The number of methoxy groups -OCH3 is 1. The second-order valence-corrected chi connectivity index (χ2v) is 4.00. The predicted molar refractivity (Wildman–Crippen MR) is 64.4 cm³/mol. The average molecular weight is 207 g/mol. The van der Waals surface area contributed by atoms with Crippen molar-refractivity contribution in [3.8, 4) is 0 Å². The molecule has 1 aliphatic rings. The van der Waals surface area contributed by atoms with Crippen molar-refractivity contribution < 1.29 is 4.74 Å². The fourth-order valence-electron chi connectivity index (χ4n) is 1.78. The maximum absolute atomic E-state index is 5.95. The van der Waals surface area contributed by atoms with Gasteiger partial charge in [0.15, 0.2) is 0 Å². The van der Waals surface area contributed by atoms with E-state index in [0.717, 1.165) is 25.0 Å². The highest BCUT2D eigenvalue weighted by Crippen LogP contribution is 2.25. The fourth-order valence-corrected chi connectivity index (χ4v) is 1.78. The van der Waals surface area contributed by atoms with Crippen LogP contribution in [0.2, 0.25) is 0 Å². The van der Waals surface area contributed by atoms with Gasteiger partial charge in [-0.25, -0.2) is 0 Å². The number of hydrogen-bond acceptors (Lipinski definition) is 2. The van der Waals surface area contributed by atoms with Crippen LogP contribution in [0.25, 0.3) is 0 Å². The quantitative estimate of drug-likeness (QED) is 0.769. The molecule has 15 heavy (non-hydrogen) atoms. The first-order valence-corrected chi connectivity index (χ1v) is 5.54. The van der Waals surface area contributed by atoms with Gasteiger partial charge in [-0.3, -0.25) is 0 Å². The van der Waals surface area contributed by atoms with Crippen LogP contribution < -0.4 is 5.73 Å². The molecular weight excluding hydrogens is 186 g/mol. The van der Waals surface area contributed by atoms with Crippen molar-refractivity contribution in [3.63, 3.8) is 0 Å². The Morgan fingerprint density at radius 1 is 1.60 bits per heavy atom. The largest absolute Gasteiger partial charge is 0.496 e. The van der Waals surface area contributed by atoms with Gasteiger partial charge in [-0.05, 0) is 37.8 Å². The Kier molecular flexibility index (Phi) is 4.63. The molecule has 0 aromatic rings. The van der Waals surface area contributed by atoms with Gasteiger partial charge >= 0.3 is 0 Å². The molecule has 84 valence electrons. The highest BCUT2D eigenvalue weighted by atomic mass is 16.5. The lowest BCUT2D eigenvalue weighted by molar-refractivity contribution is 0.297. The summed E-state index contributed by atoms with van der Waals surface area (Å²) in [5.41, 5.74) is 8.60. The maximum atomic E-state index is 5.95. The van der Waals surface area contributed by atoms with Crippen LogP contribution in [0.4, 0.5) is 0 Å². The van der Waals surface area contributed by atoms with Crippen molar-refractivity contribution in [2.24, 2.45) is 5.73 Å². The molecule has 1 unspecified atom stereocenters. The SMILES string of the molecule is CCC(N)CC(C)=C1CC=CC=C1OC. The summed E-state index contributed by atoms with van der Waals surface area (Å²) in [5, 5.41) is 0. The highest BCUT2D eigenvalue weighted by Gasteiger charge is 2.12. The summed E-state index contributed by atoms with van der Waals surface area (Å²) in [4.78, 5) is 0. The molecule has 1 atom stereocenters. The smallest absolute Gasteiger partial charge is 0.122 e. The van der Waals surface area contributed by atoms with Crippen molar-refractivity contribution in [1.82, 2.24) is 0 Å². The summed E-state index contributed by atoms with van der Waals surface area (Å²) in [7, 11) is 1.72. The Morgan fingerprint density at radius 2 is 2.33 bits per heavy atom. The minimum atomic E-state index is 0.265. The molecule has 1 aliphatic carbocycles. The van der Waals surface area contributed by atoms with Gasteiger partial charge in [0.25, 0.3) is 0 Å². The Hall–Kier alpha value is -1.02. The van der Waals surface area contributed by atoms with Crippen LogP contribution in [-0.2, 0) is 4.74 Å². The van der Waals surface area contributed by atoms with Crippen LogP contribution in [-0.4, -0.2) is 13.2 Å². The zero-order valence-electron chi connectivity index (χ0n) is 9.92. The van der Waals surface area contributed by atoms with E-state index in [-0.39, 0.29) is 6.04 Å². The molecule has 0 amide bonds. The van der Waals surface area contributed by atoms with Crippen molar-refractivity contribution >= 4 is 0 Å². The summed E-state index contributed by atoms with van der Waals surface area (Å²) in [5.74, 6) is 0.985. The molecule has 0 heterocycles. The molecule has 0 saturated carbocycles. The van der Waals surface area contributed by atoms with Crippen LogP contribution in [0.3, 0.4) is 0 Å². The molecule has 0 fully saturated rings. The van der Waals surface area contributed by atoms with Gasteiger partial charge in [0, 0.05) is 6.04 Å². The third-order valence-electron chi connectivity index (χ3n) is 2.83. The monoisotopic (exact) mass is 207 g/mol. The van der Waals surface area contributed by atoms with Gasteiger partial charge in [-0.15, -0.1) is 0 Å². The normalized spacial score (nSPS) is 20.9. The van der Waals surface area contributed by atoms with Crippen molar-refractivity contribution in [2.45, 2.75) is 39.2 Å². The summed E-state index contributed by atoms with van der Waals surface area (Å²) >= 11 is 0. The van der Waals surface area contributed by atoms with E-state index >= 15 is 0 Å². The van der Waals surface area contributed by atoms with Crippen LogP contribution in [0.1, 0.15) is 33.1 Å². The van der Waals surface area contributed by atoms with Crippen LogP contribution >= 0.6 is 0 Å². The Bertz CT molecular complexity index is 300. The second-order valence-electron chi connectivity index (χ2n) is 4.00. The van der Waals surface area contributed by atoms with Gasteiger partial charge < -0.3 is 10.5 Å². The average Bonchev–Trinajstić information content (AvgIpc) is 2.28. The standard InChI is InChI=1S/C13H21NO/c1-4-11(14)9-10(2)12-7-5-6-8-13(12)15-3/h5-6,8,11H,4,7,9,14H2,1-3H3. The first-order valence-electron chi connectivity index (χ1n) is 5.54. The summed E-state index contributed by atoms with van der Waals surface area (Å²) in [6.45, 7) is 4.27. The van der Waals surface area contributed by atoms with E-state index in [1.807, 2.05) is 12.2 Å². The van der Waals surface area contributed by atoms with Gasteiger partial charge in [0.05, 0.1) is 7.11 Å². The van der Waals surface area contributed by atoms with Crippen LogP contribution in [0, 0.1) is 0 Å². The summed E-state index contributed by atoms with van der Waals surface area (Å²) < 4.78 is 5.35. The molecule has 0 aliphatic heterocycles. The third kappa shape index (κ3) is 3.24. The van der Waals surface area contributed by atoms with Crippen molar-refractivity contribution in [1.29, 1.82) is 0 Å². The molecule has 2 N–H and O–H groups in total. The van der Waals surface area contributed by atoms with Gasteiger partial charge in [0.2, 0.25) is 0 Å². The minimum absolute atomic E-state index is 0.265. The molecular formula is C13H21NO. The second kappa shape index (κ2) is 5.76. The van der Waals surface area contributed by atoms with Crippen molar-refractivity contribution in [2.75, 3.05) is 7.11 Å².